The van der Waals surface area contributed by atoms with E-state index in [0.717, 1.165) is 23.1 Å². The molecule has 0 bridgehead atoms. The van der Waals surface area contributed by atoms with E-state index in [1.165, 1.54) is 4.31 Å². The molecular weight excluding hydrogens is 248 g/mol. The van der Waals surface area contributed by atoms with Crippen LogP contribution in [-0.4, -0.2) is 31.9 Å². The van der Waals surface area contributed by atoms with Crippen molar-refractivity contribution in [3.63, 3.8) is 0 Å². The quantitative estimate of drug-likeness (QED) is 0.880. The highest BCUT2D eigenvalue weighted by atomic mass is 32.2. The molecular formula is C13H20N2O2S. The second-order valence-electron chi connectivity index (χ2n) is 5.11. The van der Waals surface area contributed by atoms with Crippen LogP contribution in [0.2, 0.25) is 0 Å². The van der Waals surface area contributed by atoms with E-state index in [-0.39, 0.29) is 6.04 Å². The van der Waals surface area contributed by atoms with Crippen molar-refractivity contribution in [2.24, 2.45) is 5.73 Å². The zero-order valence-electron chi connectivity index (χ0n) is 11.1. The van der Waals surface area contributed by atoms with Gasteiger partial charge in [0, 0.05) is 19.1 Å². The van der Waals surface area contributed by atoms with Gasteiger partial charge in [-0.3, -0.25) is 0 Å². The standard InChI is InChI=1S/C13H20N2O2S/c1-9-6-11(3)13(7-10(9)2)18(16,17)15-5-4-12(14)8-15/h6-7,12H,4-5,8,14H2,1-3H3. The summed E-state index contributed by atoms with van der Waals surface area (Å²) >= 11 is 0. The molecule has 0 amide bonds. The third-order valence-electron chi connectivity index (χ3n) is 3.60. The minimum atomic E-state index is -3.39. The first-order valence-corrected chi connectivity index (χ1v) is 7.60. The number of hydrogen-bond acceptors (Lipinski definition) is 3. The molecule has 5 heteroatoms. The van der Waals surface area contributed by atoms with Crippen molar-refractivity contribution >= 4 is 10.0 Å². The Morgan fingerprint density at radius 3 is 2.33 bits per heavy atom. The molecule has 2 N–H and O–H groups in total. The molecule has 0 radical (unpaired) electrons. The maximum Gasteiger partial charge on any atom is 0.243 e. The molecule has 4 nitrogen and oxygen atoms in total. The summed E-state index contributed by atoms with van der Waals surface area (Å²) in [5.41, 5.74) is 8.71. The van der Waals surface area contributed by atoms with Crippen LogP contribution in [0.15, 0.2) is 17.0 Å². The Balaban J connectivity index is 2.45. The van der Waals surface area contributed by atoms with Crippen LogP contribution < -0.4 is 5.73 Å². The number of nitrogens with two attached hydrogens (primary N) is 1. The van der Waals surface area contributed by atoms with E-state index in [2.05, 4.69) is 0 Å². The number of aryl methyl sites for hydroxylation is 3. The second kappa shape index (κ2) is 4.64. The third kappa shape index (κ3) is 2.30. The molecule has 0 aliphatic carbocycles. The average molecular weight is 268 g/mol. The Labute approximate surface area is 109 Å². The zero-order valence-corrected chi connectivity index (χ0v) is 11.9. The summed E-state index contributed by atoms with van der Waals surface area (Å²) in [5.74, 6) is 0. The van der Waals surface area contributed by atoms with Gasteiger partial charge in [0.15, 0.2) is 0 Å². The summed E-state index contributed by atoms with van der Waals surface area (Å²) < 4.78 is 26.6. The highest BCUT2D eigenvalue weighted by Crippen LogP contribution is 2.25. The molecule has 1 unspecified atom stereocenters. The molecule has 0 spiro atoms. The molecule has 0 saturated carbocycles. The van der Waals surface area contributed by atoms with Crippen LogP contribution in [0.25, 0.3) is 0 Å². The maximum absolute atomic E-state index is 12.5. The maximum atomic E-state index is 12.5. The topological polar surface area (TPSA) is 63.4 Å². The lowest BCUT2D eigenvalue weighted by Crippen LogP contribution is -2.32. The molecule has 1 aromatic rings. The van der Waals surface area contributed by atoms with Crippen LogP contribution in [0.4, 0.5) is 0 Å². The van der Waals surface area contributed by atoms with Crippen molar-refractivity contribution in [1.82, 2.24) is 4.31 Å². The Hall–Kier alpha value is -0.910. The lowest BCUT2D eigenvalue weighted by Gasteiger charge is -2.18. The molecule has 2 rings (SSSR count). The molecule has 0 aromatic heterocycles. The molecule has 1 aromatic carbocycles. The van der Waals surface area contributed by atoms with Crippen LogP contribution in [-0.2, 0) is 10.0 Å². The minimum Gasteiger partial charge on any atom is -0.326 e. The lowest BCUT2D eigenvalue weighted by atomic mass is 10.1. The third-order valence-corrected chi connectivity index (χ3v) is 5.60. The van der Waals surface area contributed by atoms with Crippen molar-refractivity contribution in [1.29, 1.82) is 0 Å². The Morgan fingerprint density at radius 2 is 1.78 bits per heavy atom. The van der Waals surface area contributed by atoms with Gasteiger partial charge in [0.1, 0.15) is 0 Å². The van der Waals surface area contributed by atoms with Crippen molar-refractivity contribution in [3.05, 3.63) is 28.8 Å². The molecule has 1 heterocycles. The van der Waals surface area contributed by atoms with Crippen LogP contribution in [0.1, 0.15) is 23.1 Å². The highest BCUT2D eigenvalue weighted by molar-refractivity contribution is 7.89. The van der Waals surface area contributed by atoms with E-state index in [9.17, 15) is 8.42 Å². The fourth-order valence-corrected chi connectivity index (χ4v) is 4.13. The molecule has 1 atom stereocenters. The highest BCUT2D eigenvalue weighted by Gasteiger charge is 2.31. The van der Waals surface area contributed by atoms with Crippen LogP contribution >= 0.6 is 0 Å². The van der Waals surface area contributed by atoms with E-state index >= 15 is 0 Å². The van der Waals surface area contributed by atoms with E-state index in [1.807, 2.05) is 26.8 Å². The van der Waals surface area contributed by atoms with Crippen molar-refractivity contribution in [3.8, 4) is 0 Å². The first-order valence-electron chi connectivity index (χ1n) is 6.16. The Bertz CT molecular complexity index is 567. The number of sulfonamides is 1. The summed E-state index contributed by atoms with van der Waals surface area (Å²) in [4.78, 5) is 0.416. The van der Waals surface area contributed by atoms with E-state index < -0.39 is 10.0 Å². The molecule has 1 fully saturated rings. The van der Waals surface area contributed by atoms with Gasteiger partial charge in [0.05, 0.1) is 4.90 Å². The van der Waals surface area contributed by atoms with Gasteiger partial charge in [-0.2, -0.15) is 4.31 Å². The summed E-state index contributed by atoms with van der Waals surface area (Å²) in [7, 11) is -3.39. The van der Waals surface area contributed by atoms with Crippen LogP contribution in [0, 0.1) is 20.8 Å². The normalized spacial score (nSPS) is 21.4. The van der Waals surface area contributed by atoms with Gasteiger partial charge in [-0.05, 0) is 49.9 Å². The van der Waals surface area contributed by atoms with Gasteiger partial charge in [-0.15, -0.1) is 0 Å². The SMILES string of the molecule is Cc1cc(C)c(S(=O)(=O)N2CCC(N)C2)cc1C. The molecule has 18 heavy (non-hydrogen) atoms. The lowest BCUT2D eigenvalue weighted by molar-refractivity contribution is 0.472. The van der Waals surface area contributed by atoms with Gasteiger partial charge in [0.2, 0.25) is 10.0 Å². The van der Waals surface area contributed by atoms with Gasteiger partial charge in [0.25, 0.3) is 0 Å². The van der Waals surface area contributed by atoms with Crippen molar-refractivity contribution < 1.29 is 8.42 Å². The molecule has 1 saturated heterocycles. The van der Waals surface area contributed by atoms with E-state index in [1.54, 1.807) is 6.07 Å². The largest absolute Gasteiger partial charge is 0.326 e. The first kappa shape index (κ1) is 13.5. The van der Waals surface area contributed by atoms with Crippen molar-refractivity contribution in [2.45, 2.75) is 38.1 Å². The fourth-order valence-electron chi connectivity index (χ4n) is 2.32. The minimum absolute atomic E-state index is 0.0355. The monoisotopic (exact) mass is 268 g/mol. The van der Waals surface area contributed by atoms with Gasteiger partial charge in [-0.25, -0.2) is 8.42 Å². The van der Waals surface area contributed by atoms with Crippen molar-refractivity contribution in [2.75, 3.05) is 13.1 Å². The number of rotatable bonds is 2. The molecule has 100 valence electrons. The first-order chi connectivity index (χ1) is 8.32. The smallest absolute Gasteiger partial charge is 0.243 e. The summed E-state index contributed by atoms with van der Waals surface area (Å²) in [6.45, 7) is 6.72. The average Bonchev–Trinajstić information content (AvgIpc) is 2.70. The zero-order chi connectivity index (χ0) is 13.5. The number of nitrogens with zero attached hydrogens (tertiary/aromatic N) is 1. The van der Waals surface area contributed by atoms with Crippen LogP contribution in [0.3, 0.4) is 0 Å². The number of benzene rings is 1. The summed E-state index contributed by atoms with van der Waals surface area (Å²) in [5, 5.41) is 0. The molecule has 1 aliphatic rings. The van der Waals surface area contributed by atoms with Crippen LogP contribution in [0.5, 0.6) is 0 Å². The summed E-state index contributed by atoms with van der Waals surface area (Å²) in [6, 6.07) is 3.66. The fraction of sp³-hybridized carbons (Fsp3) is 0.538. The Kier molecular flexibility index (Phi) is 3.49. The van der Waals surface area contributed by atoms with E-state index in [4.69, 9.17) is 5.73 Å². The summed E-state index contributed by atoms with van der Waals surface area (Å²) in [6.07, 6.45) is 0.739. The van der Waals surface area contributed by atoms with Gasteiger partial charge in [-0.1, -0.05) is 6.07 Å². The van der Waals surface area contributed by atoms with E-state index in [0.29, 0.717) is 18.0 Å². The molecule has 1 aliphatic heterocycles. The van der Waals surface area contributed by atoms with Gasteiger partial charge >= 0.3 is 0 Å². The number of hydrogen-bond donors (Lipinski definition) is 1. The second-order valence-corrected chi connectivity index (χ2v) is 7.02. The predicted octanol–water partition coefficient (Wildman–Crippen LogP) is 1.33. The Morgan fingerprint density at radius 1 is 1.17 bits per heavy atom. The predicted molar refractivity (Wildman–Crippen MR) is 72.0 cm³/mol. The van der Waals surface area contributed by atoms with Gasteiger partial charge < -0.3 is 5.73 Å².